The Balaban J connectivity index is 1.72. The van der Waals surface area contributed by atoms with Gasteiger partial charge in [0.05, 0.1) is 21.9 Å². The summed E-state index contributed by atoms with van der Waals surface area (Å²) in [7, 11) is 0. The fourth-order valence-electron chi connectivity index (χ4n) is 4.13. The molecule has 0 aliphatic heterocycles. The van der Waals surface area contributed by atoms with E-state index in [0.717, 1.165) is 42.5 Å². The van der Waals surface area contributed by atoms with E-state index >= 15 is 4.39 Å². The van der Waals surface area contributed by atoms with Crippen LogP contribution in [-0.4, -0.2) is 15.3 Å². The van der Waals surface area contributed by atoms with Gasteiger partial charge in [0.1, 0.15) is 11.3 Å². The molecule has 5 rings (SSSR count). The highest BCUT2D eigenvalue weighted by molar-refractivity contribution is 7.15. The molecule has 1 fully saturated rings. The maximum absolute atomic E-state index is 15.1. The van der Waals surface area contributed by atoms with Crippen LogP contribution in [0.5, 0.6) is 0 Å². The highest BCUT2D eigenvalue weighted by atomic mass is 32.1. The van der Waals surface area contributed by atoms with Crippen molar-refractivity contribution in [2.45, 2.75) is 51.1 Å². The molecule has 0 spiro atoms. The fraction of sp³-hybridized carbons (Fsp3) is 0.381. The lowest BCUT2D eigenvalue weighted by Crippen LogP contribution is -2.18. The number of nitrogens with zero attached hydrogens (tertiary/aromatic N) is 5. The molecule has 3 aromatic heterocycles. The van der Waals surface area contributed by atoms with E-state index in [1.807, 2.05) is 10.6 Å². The van der Waals surface area contributed by atoms with E-state index in [9.17, 15) is 9.59 Å². The van der Waals surface area contributed by atoms with Crippen molar-refractivity contribution in [2.75, 3.05) is 0 Å². The second-order valence-corrected chi connectivity index (χ2v) is 8.95. The molecule has 0 aromatic carbocycles. The van der Waals surface area contributed by atoms with E-state index < -0.39 is 11.2 Å². The molecule has 2 aliphatic carbocycles. The average Bonchev–Trinajstić information content (AvgIpc) is 3.46. The first-order valence-electron chi connectivity index (χ1n) is 9.91. The third kappa shape index (κ3) is 3.02. The van der Waals surface area contributed by atoms with Crippen LogP contribution in [0.4, 0.5) is 4.39 Å². The lowest BCUT2D eigenvalue weighted by atomic mass is 9.95. The van der Waals surface area contributed by atoms with Crippen molar-refractivity contribution in [3.05, 3.63) is 60.8 Å². The summed E-state index contributed by atoms with van der Waals surface area (Å²) in [5, 5.41) is 4.02. The van der Waals surface area contributed by atoms with Gasteiger partial charge >= 0.3 is 0 Å². The van der Waals surface area contributed by atoms with Gasteiger partial charge in [0.25, 0.3) is 0 Å². The molecule has 0 N–H and O–H groups in total. The van der Waals surface area contributed by atoms with Crippen molar-refractivity contribution < 1.29 is 9.18 Å². The van der Waals surface area contributed by atoms with Crippen LogP contribution in [0, 0.1) is 5.82 Å². The summed E-state index contributed by atoms with van der Waals surface area (Å²) in [4.78, 5) is 33.8. The van der Waals surface area contributed by atoms with E-state index in [1.165, 1.54) is 24.3 Å². The summed E-state index contributed by atoms with van der Waals surface area (Å²) in [5.74, 6) is -0.933. The largest absolute Gasteiger partial charge is 0.328 e. The number of carbonyl (C=O) groups excluding carboxylic acids is 1. The monoisotopic (exact) mass is 423 g/mol. The third-order valence-electron chi connectivity index (χ3n) is 5.77. The molecule has 0 saturated heterocycles. The van der Waals surface area contributed by atoms with Gasteiger partial charge in [-0.05, 0) is 62.3 Å². The van der Waals surface area contributed by atoms with Gasteiger partial charge in [-0.3, -0.25) is 9.59 Å². The van der Waals surface area contributed by atoms with Crippen LogP contribution >= 0.6 is 11.3 Å². The Labute approximate surface area is 174 Å². The number of azide groups is 1. The van der Waals surface area contributed by atoms with Crippen LogP contribution in [-0.2, 0) is 6.42 Å². The van der Waals surface area contributed by atoms with Crippen LogP contribution in [0.1, 0.15) is 65.5 Å². The number of thiophene rings is 1. The van der Waals surface area contributed by atoms with E-state index in [0.29, 0.717) is 10.5 Å². The van der Waals surface area contributed by atoms with Gasteiger partial charge in [0.15, 0.2) is 11.6 Å². The first-order chi connectivity index (χ1) is 14.5. The zero-order chi connectivity index (χ0) is 21.0. The number of pyridine rings is 2. The first kappa shape index (κ1) is 19.0. The van der Waals surface area contributed by atoms with Crippen molar-refractivity contribution in [2.24, 2.45) is 5.11 Å². The number of ketones is 1. The number of Topliss-reactive ketones (excluding diaryl/α,β-unsaturated/α-hetero) is 1. The Bertz CT molecular complexity index is 1320. The van der Waals surface area contributed by atoms with Gasteiger partial charge in [0.2, 0.25) is 5.43 Å². The Kier molecular flexibility index (Phi) is 4.45. The van der Waals surface area contributed by atoms with Gasteiger partial charge in [-0.1, -0.05) is 5.11 Å². The van der Waals surface area contributed by atoms with Crippen LogP contribution < -0.4 is 5.43 Å². The lowest BCUT2D eigenvalue weighted by Gasteiger charge is -2.16. The predicted molar refractivity (Wildman–Crippen MR) is 112 cm³/mol. The summed E-state index contributed by atoms with van der Waals surface area (Å²) in [6.07, 6.45) is 5.98. The maximum Gasteiger partial charge on any atom is 0.201 e. The zero-order valence-corrected chi connectivity index (χ0v) is 17.1. The van der Waals surface area contributed by atoms with E-state index in [4.69, 9.17) is 5.53 Å². The normalized spacial score (nSPS) is 18.1. The summed E-state index contributed by atoms with van der Waals surface area (Å²) < 4.78 is 16.9. The molecule has 2 aliphatic rings. The van der Waals surface area contributed by atoms with Crippen LogP contribution in [0.25, 0.3) is 32.0 Å². The SMILES string of the molecule is CC(=O)c1cn(C2CC2)c2nc(-c3cc4c(s3)C(N=[N+]=[N-])CCC4)c(F)cc2c1=O. The quantitative estimate of drug-likeness (QED) is 0.240. The molecule has 0 bridgehead atoms. The average molecular weight is 423 g/mol. The predicted octanol–water partition coefficient (Wildman–Crippen LogP) is 5.49. The Morgan fingerprint density at radius 1 is 1.37 bits per heavy atom. The Morgan fingerprint density at radius 2 is 2.17 bits per heavy atom. The van der Waals surface area contributed by atoms with Crippen LogP contribution in [0.3, 0.4) is 0 Å². The maximum atomic E-state index is 15.1. The van der Waals surface area contributed by atoms with Crippen LogP contribution in [0.15, 0.2) is 28.2 Å². The minimum absolute atomic E-state index is 0.0622. The molecule has 7 nitrogen and oxygen atoms in total. The number of halogens is 1. The zero-order valence-electron chi connectivity index (χ0n) is 16.3. The van der Waals surface area contributed by atoms with Gasteiger partial charge in [-0.2, -0.15) is 0 Å². The first-order valence-corrected chi connectivity index (χ1v) is 10.7. The van der Waals surface area contributed by atoms with Crippen molar-refractivity contribution in [1.29, 1.82) is 0 Å². The summed E-state index contributed by atoms with van der Waals surface area (Å²) >= 11 is 1.39. The fourth-order valence-corrected chi connectivity index (χ4v) is 5.40. The molecule has 1 saturated carbocycles. The highest BCUT2D eigenvalue weighted by Gasteiger charge is 2.29. The Morgan fingerprint density at radius 3 is 2.87 bits per heavy atom. The van der Waals surface area contributed by atoms with Gasteiger partial charge in [-0.25, -0.2) is 9.37 Å². The number of carbonyl (C=O) groups is 1. The standard InChI is InChI=1S/C21H18FN5O2S/c1-10(28)14-9-27(12-5-6-12)21-13(19(14)29)8-15(22)18(24-21)17-7-11-3-2-4-16(25-26-23)20(11)30-17/h7-9,12,16H,2-6H2,1H3. The molecule has 3 aromatic rings. The third-order valence-corrected chi connectivity index (χ3v) is 7.06. The van der Waals surface area contributed by atoms with Crippen molar-refractivity contribution in [3.63, 3.8) is 0 Å². The molecule has 1 atom stereocenters. The second kappa shape index (κ2) is 7.04. The molecule has 1 unspecified atom stereocenters. The van der Waals surface area contributed by atoms with Gasteiger partial charge < -0.3 is 4.57 Å². The molecule has 3 heterocycles. The van der Waals surface area contributed by atoms with Gasteiger partial charge in [0, 0.05) is 22.0 Å². The van der Waals surface area contributed by atoms with E-state index in [-0.39, 0.29) is 34.5 Å². The van der Waals surface area contributed by atoms with Crippen molar-refractivity contribution in [1.82, 2.24) is 9.55 Å². The molecule has 152 valence electrons. The molecular formula is C21H18FN5O2S. The molecular weight excluding hydrogens is 405 g/mol. The van der Waals surface area contributed by atoms with Crippen molar-refractivity contribution in [3.8, 4) is 10.6 Å². The Hall–Kier alpha value is -3.03. The number of fused-ring (bicyclic) bond motifs is 2. The summed E-state index contributed by atoms with van der Waals surface area (Å²) in [5.41, 5.74) is 10.1. The second-order valence-electron chi connectivity index (χ2n) is 7.87. The lowest BCUT2D eigenvalue weighted by molar-refractivity contribution is 0.101. The van der Waals surface area contributed by atoms with E-state index in [1.54, 1.807) is 6.20 Å². The number of hydrogen-bond acceptors (Lipinski definition) is 5. The summed E-state index contributed by atoms with van der Waals surface area (Å²) in [6, 6.07) is 3.06. The minimum Gasteiger partial charge on any atom is -0.328 e. The van der Waals surface area contributed by atoms with E-state index in [2.05, 4.69) is 15.0 Å². The van der Waals surface area contributed by atoms with Crippen molar-refractivity contribution >= 4 is 28.2 Å². The minimum atomic E-state index is -0.596. The molecule has 0 radical (unpaired) electrons. The smallest absolute Gasteiger partial charge is 0.201 e. The summed E-state index contributed by atoms with van der Waals surface area (Å²) in [6.45, 7) is 1.34. The molecule has 0 amide bonds. The highest BCUT2D eigenvalue weighted by Crippen LogP contribution is 2.43. The van der Waals surface area contributed by atoms with Gasteiger partial charge in [-0.15, -0.1) is 11.3 Å². The number of aromatic nitrogens is 2. The topological polar surface area (TPSA) is 101 Å². The number of hydrogen-bond donors (Lipinski definition) is 0. The van der Waals surface area contributed by atoms with Crippen LogP contribution in [0.2, 0.25) is 0 Å². The molecule has 9 heteroatoms. The number of rotatable bonds is 4. The molecule has 30 heavy (non-hydrogen) atoms. The number of aryl methyl sites for hydroxylation is 1.